The van der Waals surface area contributed by atoms with Gasteiger partial charge >= 0.3 is 0 Å². The van der Waals surface area contributed by atoms with Gasteiger partial charge in [-0.2, -0.15) is 0 Å². The maximum absolute atomic E-state index is 9.91. The SMILES string of the molecule is OC(CC1=CC=CCC1)c1cccs1. The third-order valence-electron chi connectivity index (χ3n) is 2.43. The van der Waals surface area contributed by atoms with Crippen LogP contribution in [0.2, 0.25) is 0 Å². The highest BCUT2D eigenvalue weighted by molar-refractivity contribution is 7.10. The minimum atomic E-state index is -0.312. The summed E-state index contributed by atoms with van der Waals surface area (Å²) in [5.74, 6) is 0. The molecule has 1 aromatic rings. The largest absolute Gasteiger partial charge is 0.387 e. The first-order valence-corrected chi connectivity index (χ1v) is 5.80. The van der Waals surface area contributed by atoms with Gasteiger partial charge in [0.05, 0.1) is 6.10 Å². The standard InChI is InChI=1S/C12H14OS/c13-11(12-7-4-8-14-12)9-10-5-2-1-3-6-10/h1-2,4-5,7-8,11,13H,3,6,9H2. The van der Waals surface area contributed by atoms with Crippen molar-refractivity contribution in [3.63, 3.8) is 0 Å². The van der Waals surface area contributed by atoms with Gasteiger partial charge in [0.15, 0.2) is 0 Å². The molecule has 1 aromatic heterocycles. The molecule has 1 atom stereocenters. The molecule has 0 amide bonds. The van der Waals surface area contributed by atoms with Crippen LogP contribution in [0.3, 0.4) is 0 Å². The molecule has 0 radical (unpaired) electrons. The number of allylic oxidation sites excluding steroid dienone is 3. The Morgan fingerprint density at radius 3 is 3.07 bits per heavy atom. The van der Waals surface area contributed by atoms with Gasteiger partial charge in [0.1, 0.15) is 0 Å². The van der Waals surface area contributed by atoms with Crippen molar-refractivity contribution in [2.75, 3.05) is 0 Å². The average molecular weight is 206 g/mol. The van der Waals surface area contributed by atoms with E-state index < -0.39 is 0 Å². The van der Waals surface area contributed by atoms with Gasteiger partial charge in [0.25, 0.3) is 0 Å². The van der Waals surface area contributed by atoms with Gasteiger partial charge < -0.3 is 5.11 Å². The topological polar surface area (TPSA) is 20.2 Å². The number of aliphatic hydroxyl groups excluding tert-OH is 1. The third-order valence-corrected chi connectivity index (χ3v) is 3.40. The van der Waals surface area contributed by atoms with Crippen LogP contribution in [0.25, 0.3) is 0 Å². The van der Waals surface area contributed by atoms with Gasteiger partial charge in [-0.1, -0.05) is 29.9 Å². The number of aliphatic hydroxyl groups is 1. The third kappa shape index (κ3) is 2.34. The molecule has 1 N–H and O–H groups in total. The fourth-order valence-electron chi connectivity index (χ4n) is 1.65. The molecule has 0 saturated carbocycles. The molecule has 1 heterocycles. The zero-order valence-electron chi connectivity index (χ0n) is 8.02. The minimum Gasteiger partial charge on any atom is -0.387 e. The van der Waals surface area contributed by atoms with Gasteiger partial charge in [-0.15, -0.1) is 11.3 Å². The monoisotopic (exact) mass is 206 g/mol. The van der Waals surface area contributed by atoms with E-state index in [2.05, 4.69) is 18.2 Å². The van der Waals surface area contributed by atoms with Crippen molar-refractivity contribution in [3.8, 4) is 0 Å². The summed E-state index contributed by atoms with van der Waals surface area (Å²) in [7, 11) is 0. The molecule has 0 aromatic carbocycles. The lowest BCUT2D eigenvalue weighted by atomic mass is 9.99. The second kappa shape index (κ2) is 4.58. The minimum absolute atomic E-state index is 0.312. The summed E-state index contributed by atoms with van der Waals surface area (Å²) in [6.45, 7) is 0. The first-order valence-electron chi connectivity index (χ1n) is 4.92. The van der Waals surface area contributed by atoms with Crippen molar-refractivity contribution in [2.45, 2.75) is 25.4 Å². The van der Waals surface area contributed by atoms with Crippen molar-refractivity contribution in [1.82, 2.24) is 0 Å². The summed E-state index contributed by atoms with van der Waals surface area (Å²) < 4.78 is 0. The highest BCUT2D eigenvalue weighted by Crippen LogP contribution is 2.27. The van der Waals surface area contributed by atoms with Crippen molar-refractivity contribution in [1.29, 1.82) is 0 Å². The zero-order chi connectivity index (χ0) is 9.80. The van der Waals surface area contributed by atoms with Crippen LogP contribution in [0.1, 0.15) is 30.2 Å². The molecular weight excluding hydrogens is 192 g/mol. The number of rotatable bonds is 3. The lowest BCUT2D eigenvalue weighted by Gasteiger charge is -2.12. The molecule has 1 unspecified atom stereocenters. The molecular formula is C12H14OS. The van der Waals surface area contributed by atoms with E-state index in [0.717, 1.165) is 24.1 Å². The summed E-state index contributed by atoms with van der Waals surface area (Å²) >= 11 is 1.62. The predicted molar refractivity (Wildman–Crippen MR) is 60.4 cm³/mol. The van der Waals surface area contributed by atoms with Crippen molar-refractivity contribution in [2.24, 2.45) is 0 Å². The molecule has 74 valence electrons. The number of hydrogen-bond acceptors (Lipinski definition) is 2. The van der Waals surface area contributed by atoms with E-state index in [1.807, 2.05) is 17.5 Å². The Kier molecular flexibility index (Phi) is 3.17. The highest BCUT2D eigenvalue weighted by atomic mass is 32.1. The Labute approximate surface area is 88.4 Å². The van der Waals surface area contributed by atoms with Crippen molar-refractivity contribution in [3.05, 3.63) is 46.2 Å². The predicted octanol–water partition coefficient (Wildman–Crippen LogP) is 3.45. The van der Waals surface area contributed by atoms with Crippen LogP contribution in [0.5, 0.6) is 0 Å². The van der Waals surface area contributed by atoms with Crippen LogP contribution < -0.4 is 0 Å². The fourth-order valence-corrected chi connectivity index (χ4v) is 2.36. The second-order valence-corrected chi connectivity index (χ2v) is 4.51. The van der Waals surface area contributed by atoms with Gasteiger partial charge in [-0.25, -0.2) is 0 Å². The zero-order valence-corrected chi connectivity index (χ0v) is 8.83. The molecule has 1 nitrogen and oxygen atoms in total. The van der Waals surface area contributed by atoms with Gasteiger partial charge in [-0.05, 0) is 30.7 Å². The van der Waals surface area contributed by atoms with E-state index in [9.17, 15) is 5.11 Å². The van der Waals surface area contributed by atoms with E-state index in [1.54, 1.807) is 11.3 Å². The average Bonchev–Trinajstić information content (AvgIpc) is 2.72. The Morgan fingerprint density at radius 1 is 1.50 bits per heavy atom. The maximum Gasteiger partial charge on any atom is 0.0919 e. The van der Waals surface area contributed by atoms with Crippen LogP contribution in [0.15, 0.2) is 41.3 Å². The number of thiophene rings is 1. The van der Waals surface area contributed by atoms with Gasteiger partial charge in [-0.3, -0.25) is 0 Å². The molecule has 2 rings (SSSR count). The van der Waals surface area contributed by atoms with Crippen LogP contribution in [0.4, 0.5) is 0 Å². The van der Waals surface area contributed by atoms with Crippen molar-refractivity contribution < 1.29 is 5.11 Å². The Bertz CT molecular complexity index is 335. The second-order valence-electron chi connectivity index (χ2n) is 3.53. The van der Waals surface area contributed by atoms with Crippen LogP contribution in [-0.4, -0.2) is 5.11 Å². The summed E-state index contributed by atoms with van der Waals surface area (Å²) in [6.07, 6.45) is 9.06. The Morgan fingerprint density at radius 2 is 2.43 bits per heavy atom. The molecule has 0 fully saturated rings. The summed E-state index contributed by atoms with van der Waals surface area (Å²) in [5.41, 5.74) is 1.36. The maximum atomic E-state index is 9.91. The molecule has 0 saturated heterocycles. The molecule has 0 aliphatic heterocycles. The van der Waals surface area contributed by atoms with Gasteiger partial charge in [0, 0.05) is 4.88 Å². The van der Waals surface area contributed by atoms with E-state index in [-0.39, 0.29) is 6.10 Å². The van der Waals surface area contributed by atoms with Crippen LogP contribution in [-0.2, 0) is 0 Å². The van der Waals surface area contributed by atoms with E-state index in [1.165, 1.54) is 5.57 Å². The van der Waals surface area contributed by atoms with E-state index in [4.69, 9.17) is 0 Å². The highest BCUT2D eigenvalue weighted by Gasteiger charge is 2.11. The number of hydrogen-bond donors (Lipinski definition) is 1. The summed E-state index contributed by atoms with van der Waals surface area (Å²) in [4.78, 5) is 1.07. The molecule has 1 aliphatic rings. The van der Waals surface area contributed by atoms with Crippen molar-refractivity contribution >= 4 is 11.3 Å². The van der Waals surface area contributed by atoms with Gasteiger partial charge in [0.2, 0.25) is 0 Å². The quantitative estimate of drug-likeness (QED) is 0.803. The summed E-state index contributed by atoms with van der Waals surface area (Å²) in [6, 6.07) is 3.98. The first-order chi connectivity index (χ1) is 6.86. The lowest BCUT2D eigenvalue weighted by Crippen LogP contribution is -1.98. The molecule has 2 heteroatoms. The summed E-state index contributed by atoms with van der Waals surface area (Å²) in [5, 5.41) is 11.9. The fraction of sp³-hybridized carbons (Fsp3) is 0.333. The molecule has 1 aliphatic carbocycles. The van der Waals surface area contributed by atoms with Crippen LogP contribution >= 0.6 is 11.3 Å². The normalized spacial score (nSPS) is 17.9. The molecule has 14 heavy (non-hydrogen) atoms. The molecule has 0 bridgehead atoms. The van der Waals surface area contributed by atoms with E-state index in [0.29, 0.717) is 0 Å². The Hall–Kier alpha value is -0.860. The van der Waals surface area contributed by atoms with Crippen LogP contribution in [0, 0.1) is 0 Å². The smallest absolute Gasteiger partial charge is 0.0919 e. The van der Waals surface area contributed by atoms with E-state index >= 15 is 0 Å². The lowest BCUT2D eigenvalue weighted by molar-refractivity contribution is 0.181. The first kappa shape index (κ1) is 9.69. The molecule has 0 spiro atoms. The Balaban J connectivity index is 1.97.